The molecular weight excluding hydrogens is 280 g/mol. The van der Waals surface area contributed by atoms with Crippen LogP contribution in [0.3, 0.4) is 0 Å². The van der Waals surface area contributed by atoms with E-state index in [2.05, 4.69) is 4.90 Å². The van der Waals surface area contributed by atoms with Gasteiger partial charge in [0.05, 0.1) is 12.2 Å². The highest BCUT2D eigenvalue weighted by molar-refractivity contribution is 7.88. The third-order valence-electron chi connectivity index (χ3n) is 4.51. The normalized spacial score (nSPS) is 30.9. The Balaban J connectivity index is 2.01. The molecule has 1 aliphatic heterocycles. The van der Waals surface area contributed by atoms with Crippen LogP contribution in [0.1, 0.15) is 32.1 Å². The average molecular weight is 304 g/mol. The van der Waals surface area contributed by atoms with Gasteiger partial charge in [0, 0.05) is 32.2 Å². The van der Waals surface area contributed by atoms with Crippen molar-refractivity contribution in [1.29, 1.82) is 0 Å². The van der Waals surface area contributed by atoms with Gasteiger partial charge >= 0.3 is 5.97 Å². The first-order chi connectivity index (χ1) is 9.39. The van der Waals surface area contributed by atoms with Crippen molar-refractivity contribution in [2.75, 3.05) is 32.4 Å². The molecule has 2 fully saturated rings. The second-order valence-electron chi connectivity index (χ2n) is 5.85. The molecule has 1 aliphatic carbocycles. The Morgan fingerprint density at radius 1 is 1.05 bits per heavy atom. The highest BCUT2D eigenvalue weighted by atomic mass is 32.2. The third-order valence-corrected chi connectivity index (χ3v) is 5.81. The number of carboxylic acids is 1. The van der Waals surface area contributed by atoms with Crippen LogP contribution in [0.5, 0.6) is 0 Å². The third kappa shape index (κ3) is 3.71. The van der Waals surface area contributed by atoms with Gasteiger partial charge in [0.25, 0.3) is 0 Å². The van der Waals surface area contributed by atoms with Crippen LogP contribution in [0.15, 0.2) is 0 Å². The van der Waals surface area contributed by atoms with E-state index < -0.39 is 16.0 Å². The number of hydrogen-bond donors (Lipinski definition) is 1. The molecule has 1 saturated carbocycles. The average Bonchev–Trinajstić information content (AvgIpc) is 2.63. The molecule has 0 radical (unpaired) electrons. The fourth-order valence-electron chi connectivity index (χ4n) is 3.38. The van der Waals surface area contributed by atoms with Crippen LogP contribution < -0.4 is 0 Å². The van der Waals surface area contributed by atoms with Gasteiger partial charge in [-0.05, 0) is 12.8 Å². The minimum absolute atomic E-state index is 0.0664. The Kier molecular flexibility index (Phi) is 5.04. The van der Waals surface area contributed by atoms with E-state index in [1.54, 1.807) is 0 Å². The van der Waals surface area contributed by atoms with Crippen molar-refractivity contribution in [1.82, 2.24) is 9.21 Å². The van der Waals surface area contributed by atoms with Crippen molar-refractivity contribution in [3.63, 3.8) is 0 Å². The molecule has 2 atom stereocenters. The van der Waals surface area contributed by atoms with Gasteiger partial charge in [0.2, 0.25) is 10.0 Å². The zero-order valence-corrected chi connectivity index (χ0v) is 12.8. The summed E-state index contributed by atoms with van der Waals surface area (Å²) in [6.45, 7) is 2.23. The molecule has 2 rings (SSSR count). The maximum Gasteiger partial charge on any atom is 0.308 e. The van der Waals surface area contributed by atoms with Gasteiger partial charge in [-0.1, -0.05) is 19.3 Å². The maximum atomic E-state index is 11.5. The largest absolute Gasteiger partial charge is 0.481 e. The molecule has 1 N–H and O–H groups in total. The van der Waals surface area contributed by atoms with Crippen molar-refractivity contribution in [2.45, 2.75) is 38.1 Å². The number of hydrogen-bond acceptors (Lipinski definition) is 4. The number of carboxylic acid groups (broad SMARTS) is 1. The SMILES string of the molecule is CS(=O)(=O)N1CCN(C2CCCCCC2C(=O)O)CC1. The lowest BCUT2D eigenvalue weighted by molar-refractivity contribution is -0.144. The molecule has 6 nitrogen and oxygen atoms in total. The lowest BCUT2D eigenvalue weighted by Crippen LogP contribution is -2.54. The van der Waals surface area contributed by atoms with Crippen LogP contribution in [-0.2, 0) is 14.8 Å². The lowest BCUT2D eigenvalue weighted by Gasteiger charge is -2.40. The lowest BCUT2D eigenvalue weighted by atomic mass is 9.93. The van der Waals surface area contributed by atoms with E-state index >= 15 is 0 Å². The maximum absolute atomic E-state index is 11.5. The Hall–Kier alpha value is -0.660. The molecule has 0 aromatic carbocycles. The second-order valence-corrected chi connectivity index (χ2v) is 7.83. The van der Waals surface area contributed by atoms with E-state index in [4.69, 9.17) is 0 Å². The molecule has 0 bridgehead atoms. The van der Waals surface area contributed by atoms with Crippen molar-refractivity contribution in [3.05, 3.63) is 0 Å². The van der Waals surface area contributed by atoms with Gasteiger partial charge in [-0.25, -0.2) is 8.42 Å². The molecular formula is C13H24N2O4S. The fourth-order valence-corrected chi connectivity index (χ4v) is 4.21. The monoisotopic (exact) mass is 304 g/mol. The minimum Gasteiger partial charge on any atom is -0.481 e. The molecule has 1 heterocycles. The Morgan fingerprint density at radius 3 is 2.20 bits per heavy atom. The number of piperazine rings is 1. The van der Waals surface area contributed by atoms with Gasteiger partial charge in [0.1, 0.15) is 0 Å². The van der Waals surface area contributed by atoms with Crippen LogP contribution in [0.25, 0.3) is 0 Å². The summed E-state index contributed by atoms with van der Waals surface area (Å²) in [5.41, 5.74) is 0. The van der Waals surface area contributed by atoms with Crippen LogP contribution in [-0.4, -0.2) is 67.2 Å². The number of carbonyl (C=O) groups is 1. The smallest absolute Gasteiger partial charge is 0.308 e. The molecule has 0 aromatic rings. The Bertz CT molecular complexity index is 443. The van der Waals surface area contributed by atoms with Crippen molar-refractivity contribution in [2.24, 2.45) is 5.92 Å². The van der Waals surface area contributed by atoms with Crippen LogP contribution in [0.2, 0.25) is 0 Å². The number of rotatable bonds is 3. The summed E-state index contributed by atoms with van der Waals surface area (Å²) in [4.78, 5) is 13.6. The summed E-state index contributed by atoms with van der Waals surface area (Å²) in [6, 6.07) is 0.0664. The summed E-state index contributed by atoms with van der Waals surface area (Å²) in [5.74, 6) is -1.01. The molecule has 1 saturated heterocycles. The predicted octanol–water partition coefficient (Wildman–Crippen LogP) is 0.597. The highest BCUT2D eigenvalue weighted by Crippen LogP contribution is 2.28. The highest BCUT2D eigenvalue weighted by Gasteiger charge is 2.36. The standard InChI is InChI=1S/C13H24N2O4S/c1-20(18,19)15-9-7-14(8-10-15)12-6-4-2-3-5-11(12)13(16)17/h11-12H,2-10H2,1H3,(H,16,17). The summed E-state index contributed by atoms with van der Waals surface area (Å²) in [6.07, 6.45) is 6.04. The first kappa shape index (κ1) is 15.7. The van der Waals surface area contributed by atoms with E-state index in [9.17, 15) is 18.3 Å². The van der Waals surface area contributed by atoms with Crippen LogP contribution in [0, 0.1) is 5.92 Å². The molecule has 116 valence electrons. The molecule has 0 spiro atoms. The van der Waals surface area contributed by atoms with Gasteiger partial charge < -0.3 is 5.11 Å². The zero-order valence-electron chi connectivity index (χ0n) is 12.0. The first-order valence-corrected chi connectivity index (χ1v) is 9.16. The van der Waals surface area contributed by atoms with E-state index in [1.165, 1.54) is 10.6 Å². The molecule has 7 heteroatoms. The number of aliphatic carboxylic acids is 1. The molecule has 0 amide bonds. The minimum atomic E-state index is -3.13. The summed E-state index contributed by atoms with van der Waals surface area (Å²) in [7, 11) is -3.13. The predicted molar refractivity (Wildman–Crippen MR) is 76.0 cm³/mol. The molecule has 20 heavy (non-hydrogen) atoms. The summed E-state index contributed by atoms with van der Waals surface area (Å²) >= 11 is 0. The quantitative estimate of drug-likeness (QED) is 0.772. The molecule has 0 aromatic heterocycles. The van der Waals surface area contributed by atoms with Crippen molar-refractivity contribution >= 4 is 16.0 Å². The molecule has 2 aliphatic rings. The van der Waals surface area contributed by atoms with Crippen LogP contribution >= 0.6 is 0 Å². The van der Waals surface area contributed by atoms with E-state index in [0.717, 1.165) is 32.1 Å². The summed E-state index contributed by atoms with van der Waals surface area (Å²) < 4.78 is 24.5. The van der Waals surface area contributed by atoms with Gasteiger partial charge in [-0.15, -0.1) is 0 Å². The second kappa shape index (κ2) is 6.41. The van der Waals surface area contributed by atoms with Gasteiger partial charge in [-0.2, -0.15) is 4.31 Å². The van der Waals surface area contributed by atoms with E-state index in [0.29, 0.717) is 26.2 Å². The van der Waals surface area contributed by atoms with Crippen molar-refractivity contribution < 1.29 is 18.3 Å². The Labute approximate surface area is 120 Å². The van der Waals surface area contributed by atoms with E-state index in [-0.39, 0.29) is 12.0 Å². The Morgan fingerprint density at radius 2 is 1.65 bits per heavy atom. The van der Waals surface area contributed by atoms with Crippen LogP contribution in [0.4, 0.5) is 0 Å². The fraction of sp³-hybridized carbons (Fsp3) is 0.923. The van der Waals surface area contributed by atoms with Crippen molar-refractivity contribution in [3.8, 4) is 0 Å². The first-order valence-electron chi connectivity index (χ1n) is 7.31. The molecule has 2 unspecified atom stereocenters. The topological polar surface area (TPSA) is 77.9 Å². The number of sulfonamides is 1. The zero-order chi connectivity index (χ0) is 14.8. The summed E-state index contributed by atoms with van der Waals surface area (Å²) in [5, 5.41) is 9.41. The number of nitrogens with zero attached hydrogens (tertiary/aromatic N) is 2. The van der Waals surface area contributed by atoms with E-state index in [1.807, 2.05) is 0 Å². The van der Waals surface area contributed by atoms with Gasteiger partial charge in [0.15, 0.2) is 0 Å². The van der Waals surface area contributed by atoms with Gasteiger partial charge in [-0.3, -0.25) is 9.69 Å².